The van der Waals surface area contributed by atoms with E-state index in [-0.39, 0.29) is 6.04 Å². The molecule has 2 aliphatic rings. The van der Waals surface area contributed by atoms with Crippen LogP contribution in [0.4, 0.5) is 0 Å². The standard InChI is InChI=1S/C13H21N5O3/c1-6(14)18-13-10(12(15)21)7(5-17-13)4-16-8-2-3-9(19)11(8)20/h2-3,5,8-11,13,16-17,19-20H,4H2,1H3,(H2,14,18)(H2,15,21). The topological polar surface area (TPSA) is 146 Å². The minimum Gasteiger partial charge on any atom is -0.388 e. The molecule has 0 fully saturated rings. The number of nitrogens with zero attached hydrogens (tertiary/aromatic N) is 1. The van der Waals surface area contributed by atoms with Gasteiger partial charge < -0.3 is 32.3 Å². The summed E-state index contributed by atoms with van der Waals surface area (Å²) in [7, 11) is 0. The van der Waals surface area contributed by atoms with Crippen molar-refractivity contribution in [2.24, 2.45) is 22.4 Å². The number of aliphatic hydroxyl groups is 2. The summed E-state index contributed by atoms with van der Waals surface area (Å²) in [5.74, 6) is -0.729. The van der Waals surface area contributed by atoms with Crippen LogP contribution >= 0.6 is 0 Å². The number of carbonyl (C=O) groups is 1. The number of hydrogen-bond donors (Lipinski definition) is 6. The van der Waals surface area contributed by atoms with Crippen LogP contribution in [0.15, 0.2) is 28.9 Å². The Hall–Kier alpha value is -1.90. The average Bonchev–Trinajstić information content (AvgIpc) is 2.92. The number of nitrogens with two attached hydrogens (primary N) is 2. The first-order valence-corrected chi connectivity index (χ1v) is 6.72. The zero-order valence-electron chi connectivity index (χ0n) is 11.7. The lowest BCUT2D eigenvalue weighted by atomic mass is 9.98. The molecule has 0 saturated heterocycles. The van der Waals surface area contributed by atoms with Crippen LogP contribution < -0.4 is 22.1 Å². The number of hydrogen-bond acceptors (Lipinski definition) is 6. The quantitative estimate of drug-likeness (QED) is 0.188. The Bertz CT molecular complexity index is 498. The van der Waals surface area contributed by atoms with Crippen LogP contribution in [0.1, 0.15) is 6.92 Å². The number of aliphatic hydroxyl groups excluding tert-OH is 2. The molecule has 5 atom stereocenters. The van der Waals surface area contributed by atoms with E-state index in [4.69, 9.17) is 11.5 Å². The van der Waals surface area contributed by atoms with E-state index in [9.17, 15) is 15.0 Å². The molecule has 21 heavy (non-hydrogen) atoms. The van der Waals surface area contributed by atoms with Crippen molar-refractivity contribution in [3.8, 4) is 0 Å². The lowest BCUT2D eigenvalue weighted by Gasteiger charge is -2.21. The van der Waals surface area contributed by atoms with E-state index in [0.717, 1.165) is 5.57 Å². The van der Waals surface area contributed by atoms with Crippen LogP contribution in [0, 0.1) is 5.92 Å². The molecule has 5 unspecified atom stereocenters. The van der Waals surface area contributed by atoms with E-state index >= 15 is 0 Å². The molecular weight excluding hydrogens is 274 g/mol. The molecule has 8 heteroatoms. The Kier molecular flexibility index (Phi) is 4.61. The van der Waals surface area contributed by atoms with Gasteiger partial charge in [0.05, 0.1) is 18.0 Å². The summed E-state index contributed by atoms with van der Waals surface area (Å²) in [5, 5.41) is 25.2. The second-order valence-electron chi connectivity index (χ2n) is 5.25. The molecule has 0 aromatic carbocycles. The summed E-state index contributed by atoms with van der Waals surface area (Å²) in [4.78, 5) is 15.8. The highest BCUT2D eigenvalue weighted by molar-refractivity contribution is 5.83. The Balaban J connectivity index is 1.98. The smallest absolute Gasteiger partial charge is 0.228 e. The van der Waals surface area contributed by atoms with Gasteiger partial charge in [-0.3, -0.25) is 4.79 Å². The molecule has 0 saturated carbocycles. The highest BCUT2D eigenvalue weighted by Gasteiger charge is 2.35. The number of rotatable bonds is 5. The molecule has 0 aromatic rings. The van der Waals surface area contributed by atoms with Gasteiger partial charge in [-0.15, -0.1) is 0 Å². The average molecular weight is 295 g/mol. The van der Waals surface area contributed by atoms with Gasteiger partial charge >= 0.3 is 0 Å². The minimum atomic E-state index is -0.896. The zero-order valence-corrected chi connectivity index (χ0v) is 11.7. The molecule has 0 aromatic heterocycles. The van der Waals surface area contributed by atoms with E-state index < -0.39 is 30.2 Å². The molecule has 1 aliphatic carbocycles. The largest absolute Gasteiger partial charge is 0.388 e. The molecule has 116 valence electrons. The van der Waals surface area contributed by atoms with Gasteiger partial charge in [-0.05, 0) is 18.7 Å². The predicted octanol–water partition coefficient (Wildman–Crippen LogP) is -2.47. The van der Waals surface area contributed by atoms with E-state index in [1.807, 2.05) is 0 Å². The van der Waals surface area contributed by atoms with Gasteiger partial charge in [0, 0.05) is 6.54 Å². The molecule has 2 rings (SSSR count). The molecule has 0 spiro atoms. The van der Waals surface area contributed by atoms with Crippen LogP contribution in [0.3, 0.4) is 0 Å². The third-order valence-electron chi connectivity index (χ3n) is 3.58. The molecule has 1 amide bonds. The maximum atomic E-state index is 11.6. The van der Waals surface area contributed by atoms with Crippen molar-refractivity contribution in [3.63, 3.8) is 0 Å². The molecule has 1 heterocycles. The predicted molar refractivity (Wildman–Crippen MR) is 77.9 cm³/mol. The van der Waals surface area contributed by atoms with Gasteiger partial charge in [-0.25, -0.2) is 4.99 Å². The van der Waals surface area contributed by atoms with Crippen LogP contribution in [0.2, 0.25) is 0 Å². The van der Waals surface area contributed by atoms with Crippen LogP contribution in [-0.2, 0) is 4.79 Å². The van der Waals surface area contributed by atoms with Crippen LogP contribution in [0.5, 0.6) is 0 Å². The van der Waals surface area contributed by atoms with Crippen LogP contribution in [-0.4, -0.2) is 52.9 Å². The van der Waals surface area contributed by atoms with Gasteiger partial charge in [0.15, 0.2) is 0 Å². The van der Waals surface area contributed by atoms with E-state index in [1.54, 1.807) is 19.2 Å². The number of nitrogens with one attached hydrogen (secondary N) is 2. The summed E-state index contributed by atoms with van der Waals surface area (Å²) in [6.45, 7) is 1.98. The van der Waals surface area contributed by atoms with Crippen molar-refractivity contribution in [1.82, 2.24) is 10.6 Å². The Morgan fingerprint density at radius 2 is 2.14 bits per heavy atom. The molecule has 1 aliphatic heterocycles. The van der Waals surface area contributed by atoms with Crippen molar-refractivity contribution < 1.29 is 15.0 Å². The van der Waals surface area contributed by atoms with Crippen molar-refractivity contribution in [1.29, 1.82) is 0 Å². The van der Waals surface area contributed by atoms with Gasteiger partial charge in [0.2, 0.25) is 5.91 Å². The SMILES string of the molecule is CC(N)=NC1NC=C(CNC2C=CC(O)C2O)C1C(N)=O. The third-order valence-corrected chi connectivity index (χ3v) is 3.58. The molecule has 8 nitrogen and oxygen atoms in total. The maximum absolute atomic E-state index is 11.6. The maximum Gasteiger partial charge on any atom is 0.228 e. The highest BCUT2D eigenvalue weighted by atomic mass is 16.3. The minimum absolute atomic E-state index is 0.342. The number of primary amides is 1. The Morgan fingerprint density at radius 1 is 1.43 bits per heavy atom. The first kappa shape index (κ1) is 15.5. The third kappa shape index (κ3) is 3.41. The van der Waals surface area contributed by atoms with Gasteiger partial charge in [-0.2, -0.15) is 0 Å². The number of carbonyl (C=O) groups excluding carboxylic acids is 1. The number of aliphatic imine (C=N–C) groups is 1. The summed E-state index contributed by atoms with van der Waals surface area (Å²) < 4.78 is 0. The normalized spacial score (nSPS) is 35.7. The summed E-state index contributed by atoms with van der Waals surface area (Å²) in [5.41, 5.74) is 11.7. The Morgan fingerprint density at radius 3 is 2.67 bits per heavy atom. The lowest BCUT2D eigenvalue weighted by Crippen LogP contribution is -2.43. The monoisotopic (exact) mass is 295 g/mol. The summed E-state index contributed by atoms with van der Waals surface area (Å²) >= 11 is 0. The summed E-state index contributed by atoms with van der Waals surface area (Å²) in [6, 6.07) is -0.367. The summed E-state index contributed by atoms with van der Waals surface area (Å²) in [6.07, 6.45) is 2.63. The number of amidine groups is 1. The second-order valence-corrected chi connectivity index (χ2v) is 5.25. The first-order valence-electron chi connectivity index (χ1n) is 6.72. The van der Waals surface area contributed by atoms with Crippen molar-refractivity contribution in [2.75, 3.05) is 6.54 Å². The van der Waals surface area contributed by atoms with Crippen molar-refractivity contribution in [3.05, 3.63) is 23.9 Å². The highest BCUT2D eigenvalue weighted by Crippen LogP contribution is 2.22. The fourth-order valence-electron chi connectivity index (χ4n) is 2.51. The van der Waals surface area contributed by atoms with Crippen molar-refractivity contribution in [2.45, 2.75) is 31.3 Å². The van der Waals surface area contributed by atoms with Gasteiger partial charge in [0.25, 0.3) is 0 Å². The molecular formula is C13H21N5O3. The van der Waals surface area contributed by atoms with Gasteiger partial charge in [0.1, 0.15) is 18.2 Å². The second kappa shape index (κ2) is 6.25. The van der Waals surface area contributed by atoms with E-state index in [1.165, 1.54) is 6.08 Å². The van der Waals surface area contributed by atoms with Gasteiger partial charge in [-0.1, -0.05) is 12.2 Å². The fourth-order valence-corrected chi connectivity index (χ4v) is 2.51. The Labute approximate surface area is 122 Å². The molecule has 0 bridgehead atoms. The fraction of sp³-hybridized carbons (Fsp3) is 0.538. The van der Waals surface area contributed by atoms with E-state index in [2.05, 4.69) is 15.6 Å². The molecule has 8 N–H and O–H groups in total. The lowest BCUT2D eigenvalue weighted by molar-refractivity contribution is -0.121. The first-order chi connectivity index (χ1) is 9.90. The molecule has 0 radical (unpaired) electrons. The van der Waals surface area contributed by atoms with E-state index in [0.29, 0.717) is 12.4 Å². The van der Waals surface area contributed by atoms with Crippen molar-refractivity contribution >= 4 is 11.7 Å². The number of amides is 1. The zero-order chi connectivity index (χ0) is 15.6. The van der Waals surface area contributed by atoms with Crippen LogP contribution in [0.25, 0.3) is 0 Å².